The van der Waals surface area contributed by atoms with Crippen molar-refractivity contribution >= 4 is 27.3 Å². The molecule has 0 saturated heterocycles. The molecule has 0 amide bonds. The van der Waals surface area contributed by atoms with Crippen molar-refractivity contribution in [2.75, 3.05) is 25.6 Å². The summed E-state index contributed by atoms with van der Waals surface area (Å²) in [6, 6.07) is 10.9. The standard InChI is InChI=1S/C15H16ClNO4S/c1-17(14-9-6-12(20-2)10-15(14)21-3)22(18,19)13-7-4-11(16)5-8-13/h4-10H,1-3H3. The van der Waals surface area contributed by atoms with E-state index in [0.717, 1.165) is 4.31 Å². The lowest BCUT2D eigenvalue weighted by molar-refractivity contribution is 0.395. The van der Waals surface area contributed by atoms with E-state index < -0.39 is 10.0 Å². The molecule has 0 aromatic heterocycles. The van der Waals surface area contributed by atoms with E-state index in [1.54, 1.807) is 18.2 Å². The molecular formula is C15H16ClNO4S. The molecule has 5 nitrogen and oxygen atoms in total. The van der Waals surface area contributed by atoms with Gasteiger partial charge < -0.3 is 9.47 Å². The Bertz CT molecular complexity index is 760. The fourth-order valence-electron chi connectivity index (χ4n) is 1.94. The van der Waals surface area contributed by atoms with Gasteiger partial charge in [-0.15, -0.1) is 0 Å². The van der Waals surface area contributed by atoms with E-state index in [1.807, 2.05) is 0 Å². The second-order valence-corrected chi connectivity index (χ2v) is 6.87. The number of halogens is 1. The predicted molar refractivity (Wildman–Crippen MR) is 86.6 cm³/mol. The second-order valence-electron chi connectivity index (χ2n) is 4.46. The van der Waals surface area contributed by atoms with Crippen LogP contribution in [0.3, 0.4) is 0 Å². The zero-order chi connectivity index (χ0) is 16.3. The highest BCUT2D eigenvalue weighted by molar-refractivity contribution is 7.92. The van der Waals surface area contributed by atoms with Crippen molar-refractivity contribution in [2.24, 2.45) is 0 Å². The first-order valence-corrected chi connectivity index (χ1v) is 8.18. The van der Waals surface area contributed by atoms with Crippen LogP contribution in [0.4, 0.5) is 5.69 Å². The average Bonchev–Trinajstić information content (AvgIpc) is 2.53. The van der Waals surface area contributed by atoms with Gasteiger partial charge in [-0.25, -0.2) is 8.42 Å². The lowest BCUT2D eigenvalue weighted by Gasteiger charge is -2.22. The van der Waals surface area contributed by atoms with Crippen LogP contribution in [0, 0.1) is 0 Å². The summed E-state index contributed by atoms with van der Waals surface area (Å²) in [5, 5.41) is 0.476. The molecule has 0 aliphatic heterocycles. The molecule has 0 N–H and O–H groups in total. The molecule has 0 atom stereocenters. The van der Waals surface area contributed by atoms with Crippen LogP contribution in [0.25, 0.3) is 0 Å². The molecule has 0 aliphatic carbocycles. The normalized spacial score (nSPS) is 11.1. The highest BCUT2D eigenvalue weighted by atomic mass is 35.5. The number of anilines is 1. The molecule has 0 spiro atoms. The molecule has 2 aromatic carbocycles. The van der Waals surface area contributed by atoms with E-state index in [0.29, 0.717) is 22.2 Å². The molecule has 2 rings (SSSR count). The molecule has 2 aromatic rings. The topological polar surface area (TPSA) is 55.8 Å². The van der Waals surface area contributed by atoms with Crippen LogP contribution in [0.5, 0.6) is 11.5 Å². The summed E-state index contributed by atoms with van der Waals surface area (Å²) in [5.41, 5.74) is 0.415. The molecule has 22 heavy (non-hydrogen) atoms. The number of methoxy groups -OCH3 is 2. The third-order valence-corrected chi connectivity index (χ3v) is 5.24. The van der Waals surface area contributed by atoms with Gasteiger partial charge in [0, 0.05) is 18.1 Å². The summed E-state index contributed by atoms with van der Waals surface area (Å²) in [4.78, 5) is 0.150. The van der Waals surface area contributed by atoms with E-state index >= 15 is 0 Å². The average molecular weight is 342 g/mol. The molecule has 7 heteroatoms. The van der Waals surface area contributed by atoms with Crippen molar-refractivity contribution in [3.8, 4) is 11.5 Å². The molecule has 0 fully saturated rings. The number of sulfonamides is 1. The van der Waals surface area contributed by atoms with E-state index in [-0.39, 0.29) is 4.90 Å². The van der Waals surface area contributed by atoms with E-state index in [4.69, 9.17) is 21.1 Å². The third-order valence-electron chi connectivity index (χ3n) is 3.20. The van der Waals surface area contributed by atoms with Gasteiger partial charge in [-0.05, 0) is 36.4 Å². The van der Waals surface area contributed by atoms with Gasteiger partial charge in [0.05, 0.1) is 24.8 Å². The molecule has 0 saturated carbocycles. The summed E-state index contributed by atoms with van der Waals surface area (Å²) >= 11 is 5.80. The Balaban J connectivity index is 2.46. The Morgan fingerprint density at radius 3 is 2.18 bits per heavy atom. The summed E-state index contributed by atoms with van der Waals surface area (Å²) in [6.45, 7) is 0. The highest BCUT2D eigenvalue weighted by Crippen LogP contribution is 2.34. The monoisotopic (exact) mass is 341 g/mol. The molecule has 0 radical (unpaired) electrons. The van der Waals surface area contributed by atoms with Crippen LogP contribution < -0.4 is 13.8 Å². The summed E-state index contributed by atoms with van der Waals surface area (Å²) in [6.07, 6.45) is 0. The lowest BCUT2D eigenvalue weighted by atomic mass is 10.3. The van der Waals surface area contributed by atoms with Gasteiger partial charge in [-0.3, -0.25) is 4.31 Å². The molecule has 0 unspecified atom stereocenters. The summed E-state index contributed by atoms with van der Waals surface area (Å²) in [5.74, 6) is 0.984. The van der Waals surface area contributed by atoms with Crippen molar-refractivity contribution in [3.63, 3.8) is 0 Å². The van der Waals surface area contributed by atoms with Crippen LogP contribution in [0.2, 0.25) is 5.02 Å². The number of ether oxygens (including phenoxy) is 2. The van der Waals surface area contributed by atoms with E-state index in [1.165, 1.54) is 45.5 Å². The number of hydrogen-bond donors (Lipinski definition) is 0. The largest absolute Gasteiger partial charge is 0.497 e. The van der Waals surface area contributed by atoms with Gasteiger partial charge >= 0.3 is 0 Å². The maximum Gasteiger partial charge on any atom is 0.264 e. The van der Waals surface area contributed by atoms with Crippen molar-refractivity contribution in [2.45, 2.75) is 4.90 Å². The molecular weight excluding hydrogens is 326 g/mol. The SMILES string of the molecule is COc1ccc(N(C)S(=O)(=O)c2ccc(Cl)cc2)c(OC)c1. The number of hydrogen-bond acceptors (Lipinski definition) is 4. The summed E-state index contributed by atoms with van der Waals surface area (Å²) in [7, 11) is 0.763. The number of rotatable bonds is 5. The van der Waals surface area contributed by atoms with Crippen LogP contribution in [-0.2, 0) is 10.0 Å². The van der Waals surface area contributed by atoms with Crippen LogP contribution in [-0.4, -0.2) is 29.7 Å². The minimum absolute atomic E-state index is 0.150. The van der Waals surface area contributed by atoms with Crippen molar-refractivity contribution < 1.29 is 17.9 Å². The Hall–Kier alpha value is -1.92. The fourth-order valence-corrected chi connectivity index (χ4v) is 3.27. The van der Waals surface area contributed by atoms with Gasteiger partial charge in [0.2, 0.25) is 0 Å². The first kappa shape index (κ1) is 16.5. The first-order valence-electron chi connectivity index (χ1n) is 6.36. The smallest absolute Gasteiger partial charge is 0.264 e. The third kappa shape index (κ3) is 3.13. The van der Waals surface area contributed by atoms with Crippen LogP contribution in [0.15, 0.2) is 47.4 Å². The Morgan fingerprint density at radius 2 is 1.64 bits per heavy atom. The predicted octanol–water partition coefficient (Wildman–Crippen LogP) is 3.18. The zero-order valence-electron chi connectivity index (χ0n) is 12.4. The first-order chi connectivity index (χ1) is 10.4. The van der Waals surface area contributed by atoms with Crippen molar-refractivity contribution in [1.82, 2.24) is 0 Å². The Labute approximate surface area is 135 Å². The fraction of sp³-hybridized carbons (Fsp3) is 0.200. The Kier molecular flexibility index (Phi) is 4.83. The second kappa shape index (κ2) is 6.46. The van der Waals surface area contributed by atoms with Crippen molar-refractivity contribution in [1.29, 1.82) is 0 Å². The number of benzene rings is 2. The zero-order valence-corrected chi connectivity index (χ0v) is 14.0. The van der Waals surface area contributed by atoms with Gasteiger partial charge in [0.15, 0.2) is 0 Å². The van der Waals surface area contributed by atoms with Crippen LogP contribution in [0.1, 0.15) is 0 Å². The summed E-state index contributed by atoms with van der Waals surface area (Å²) < 4.78 is 36.9. The van der Waals surface area contributed by atoms with E-state index in [9.17, 15) is 8.42 Å². The minimum atomic E-state index is -3.71. The highest BCUT2D eigenvalue weighted by Gasteiger charge is 2.24. The minimum Gasteiger partial charge on any atom is -0.497 e. The molecule has 0 heterocycles. The lowest BCUT2D eigenvalue weighted by Crippen LogP contribution is -2.26. The number of nitrogens with zero attached hydrogens (tertiary/aromatic N) is 1. The molecule has 0 bridgehead atoms. The Morgan fingerprint density at radius 1 is 1.00 bits per heavy atom. The van der Waals surface area contributed by atoms with E-state index in [2.05, 4.69) is 0 Å². The van der Waals surface area contributed by atoms with Crippen LogP contribution >= 0.6 is 11.6 Å². The van der Waals surface area contributed by atoms with Gasteiger partial charge in [-0.1, -0.05) is 11.6 Å². The maximum absolute atomic E-state index is 12.7. The molecule has 118 valence electrons. The van der Waals surface area contributed by atoms with Gasteiger partial charge in [0.1, 0.15) is 11.5 Å². The molecule has 0 aliphatic rings. The van der Waals surface area contributed by atoms with Gasteiger partial charge in [-0.2, -0.15) is 0 Å². The van der Waals surface area contributed by atoms with Gasteiger partial charge in [0.25, 0.3) is 10.0 Å². The maximum atomic E-state index is 12.7. The quantitative estimate of drug-likeness (QED) is 0.838. The van der Waals surface area contributed by atoms with Crippen molar-refractivity contribution in [3.05, 3.63) is 47.5 Å².